The van der Waals surface area contributed by atoms with Crippen LogP contribution in [0.25, 0.3) is 0 Å². The van der Waals surface area contributed by atoms with Crippen LogP contribution in [0, 0.1) is 47.3 Å². The molecule has 10 unspecified atom stereocenters. The number of rotatable bonds is 13. The van der Waals surface area contributed by atoms with Gasteiger partial charge in [0.1, 0.15) is 11.2 Å². The summed E-state index contributed by atoms with van der Waals surface area (Å²) in [6, 6.07) is 1.38. The highest BCUT2D eigenvalue weighted by Gasteiger charge is 2.64. The Hall–Kier alpha value is -1.79. The normalized spacial score (nSPS) is 42.7. The van der Waals surface area contributed by atoms with E-state index in [0.29, 0.717) is 59.2 Å². The predicted molar refractivity (Wildman–Crippen MR) is 261 cm³/mol. The van der Waals surface area contributed by atoms with Crippen molar-refractivity contribution in [2.45, 2.75) is 249 Å². The number of hydrogen-bond donors (Lipinski definition) is 1. The van der Waals surface area contributed by atoms with Gasteiger partial charge in [-0.1, -0.05) is 33.9 Å². The molecule has 12 aliphatic rings. The van der Waals surface area contributed by atoms with Crippen LogP contribution in [0.15, 0.2) is 24.3 Å². The van der Waals surface area contributed by atoms with Crippen molar-refractivity contribution >= 4 is 22.1 Å². The number of carbonyl (C=O) groups excluding carboxylic acids is 2. The third kappa shape index (κ3) is 11.2. The molecule has 0 saturated heterocycles. The standard InChI is InChI=1S/C23H34O3.C15H22O5S.C9H16O.C8H19N/c1-4-23(13-16-5-6-19(23)8-16)26-22-11-17-7-18(12-22)10-21(9-17,14-22)25-20(24)15(2)3;1-10(2)13(16)19-14-5-11-4-12(6-14)8-15(7-11,9-14)20-21(3,17)18;1-2-9(10)6-7-3-4-8(9)5-7;1-6-9(7(2)3)8(4)5/h16-19H,2,4-14H2,1,3H3;11-12H,1,4-9H2,2-3H3;7-8,10H,2-6H2,1H3;7-8H,6H2,1-5H3. The third-order valence-electron chi connectivity index (χ3n) is 18.7. The third-order valence-corrected chi connectivity index (χ3v) is 19.4. The van der Waals surface area contributed by atoms with Crippen molar-refractivity contribution in [1.82, 2.24) is 4.90 Å². The molecular formula is C55H91NO9S. The van der Waals surface area contributed by atoms with E-state index in [9.17, 15) is 23.1 Å². The summed E-state index contributed by atoms with van der Waals surface area (Å²) in [5.74, 6) is 4.69. The monoisotopic (exact) mass is 942 g/mol. The summed E-state index contributed by atoms with van der Waals surface area (Å²) in [7, 11) is -3.52. The van der Waals surface area contributed by atoms with Crippen LogP contribution in [0.2, 0.25) is 0 Å². The molecule has 12 bridgehead atoms. The fourth-order valence-corrected chi connectivity index (χ4v) is 18.0. The fourth-order valence-electron chi connectivity index (χ4n) is 17.2. The van der Waals surface area contributed by atoms with Gasteiger partial charge in [0.25, 0.3) is 10.1 Å². The van der Waals surface area contributed by atoms with Gasteiger partial charge in [-0.25, -0.2) is 9.59 Å². The number of carbonyl (C=O) groups is 2. The Labute approximate surface area is 400 Å². The Morgan fingerprint density at radius 1 is 0.606 bits per heavy atom. The number of aliphatic hydroxyl groups is 1. The minimum Gasteiger partial charge on any atom is -0.456 e. The van der Waals surface area contributed by atoms with Crippen LogP contribution in [0.1, 0.15) is 204 Å². The second-order valence-electron chi connectivity index (χ2n) is 24.9. The molecular weight excluding hydrogens is 851 g/mol. The molecule has 66 heavy (non-hydrogen) atoms. The predicted octanol–water partition coefficient (Wildman–Crippen LogP) is 11.4. The van der Waals surface area contributed by atoms with E-state index in [4.69, 9.17) is 18.4 Å². The average Bonchev–Trinajstić information content (AvgIpc) is 3.99. The largest absolute Gasteiger partial charge is 0.456 e. The second-order valence-corrected chi connectivity index (χ2v) is 26.5. The van der Waals surface area contributed by atoms with Gasteiger partial charge in [-0.3, -0.25) is 9.08 Å². The molecule has 10 atom stereocenters. The molecule has 0 aromatic heterocycles. The molecule has 0 spiro atoms. The Morgan fingerprint density at radius 3 is 1.33 bits per heavy atom. The summed E-state index contributed by atoms with van der Waals surface area (Å²) >= 11 is 0. The first kappa shape index (κ1) is 52.0. The lowest BCUT2D eigenvalue weighted by Gasteiger charge is -2.62. The summed E-state index contributed by atoms with van der Waals surface area (Å²) in [5.41, 5.74) is -0.806. The molecule has 12 aliphatic carbocycles. The molecule has 12 rings (SSSR count). The first-order chi connectivity index (χ1) is 30.8. The van der Waals surface area contributed by atoms with Gasteiger partial charge in [0.05, 0.1) is 28.7 Å². The van der Waals surface area contributed by atoms with E-state index in [1.165, 1.54) is 64.2 Å². The zero-order valence-corrected chi connectivity index (χ0v) is 43.8. The van der Waals surface area contributed by atoms with Crippen molar-refractivity contribution in [2.75, 3.05) is 12.8 Å². The Bertz CT molecular complexity index is 1870. The van der Waals surface area contributed by atoms with E-state index in [2.05, 4.69) is 66.5 Å². The van der Waals surface area contributed by atoms with Crippen molar-refractivity contribution in [3.8, 4) is 0 Å². The van der Waals surface area contributed by atoms with Crippen LogP contribution in [0.5, 0.6) is 0 Å². The van der Waals surface area contributed by atoms with Crippen LogP contribution in [0.4, 0.5) is 0 Å². The minimum atomic E-state index is -3.52. The molecule has 0 amide bonds. The van der Waals surface area contributed by atoms with Crippen molar-refractivity contribution < 1.29 is 41.5 Å². The Balaban J connectivity index is 0.000000144. The van der Waals surface area contributed by atoms with E-state index < -0.39 is 21.3 Å². The summed E-state index contributed by atoms with van der Waals surface area (Å²) in [6.07, 6.45) is 25.1. The van der Waals surface area contributed by atoms with Crippen LogP contribution in [0.3, 0.4) is 0 Å². The Morgan fingerprint density at radius 2 is 1.03 bits per heavy atom. The maximum Gasteiger partial charge on any atom is 0.333 e. The molecule has 0 radical (unpaired) electrons. The van der Waals surface area contributed by atoms with Gasteiger partial charge in [-0.15, -0.1) is 0 Å². The van der Waals surface area contributed by atoms with Crippen LogP contribution >= 0.6 is 0 Å². The van der Waals surface area contributed by atoms with Crippen molar-refractivity contribution in [3.63, 3.8) is 0 Å². The molecule has 10 nitrogen and oxygen atoms in total. The molecule has 11 heteroatoms. The highest BCUT2D eigenvalue weighted by Crippen LogP contribution is 2.65. The molecule has 0 heterocycles. The van der Waals surface area contributed by atoms with Crippen LogP contribution < -0.4 is 0 Å². The van der Waals surface area contributed by atoms with Gasteiger partial charge >= 0.3 is 11.9 Å². The van der Waals surface area contributed by atoms with E-state index in [0.717, 1.165) is 101 Å². The van der Waals surface area contributed by atoms with E-state index in [1.807, 2.05) is 0 Å². The van der Waals surface area contributed by atoms with Gasteiger partial charge in [-0.2, -0.15) is 8.42 Å². The maximum absolute atomic E-state index is 12.3. The van der Waals surface area contributed by atoms with E-state index in [1.54, 1.807) is 13.8 Å². The van der Waals surface area contributed by atoms with Crippen molar-refractivity contribution in [3.05, 3.63) is 24.3 Å². The summed E-state index contributed by atoms with van der Waals surface area (Å²) in [6.45, 7) is 27.6. The van der Waals surface area contributed by atoms with Crippen LogP contribution in [-0.2, 0) is 38.1 Å². The van der Waals surface area contributed by atoms with E-state index in [-0.39, 0.29) is 34.3 Å². The van der Waals surface area contributed by atoms with Crippen molar-refractivity contribution in [1.29, 1.82) is 0 Å². The highest BCUT2D eigenvalue weighted by atomic mass is 32.2. The second kappa shape index (κ2) is 19.4. The quantitative estimate of drug-likeness (QED) is 0.108. The average molecular weight is 942 g/mol. The molecule has 1 N–H and O–H groups in total. The molecule has 0 aliphatic heterocycles. The topological polar surface area (TPSA) is 129 Å². The first-order valence-electron chi connectivity index (χ1n) is 26.7. The van der Waals surface area contributed by atoms with Gasteiger partial charge in [0, 0.05) is 36.1 Å². The van der Waals surface area contributed by atoms with Gasteiger partial charge < -0.3 is 19.3 Å². The summed E-state index contributed by atoms with van der Waals surface area (Å²) in [5, 5.41) is 9.99. The fraction of sp³-hybridized carbons (Fsp3) is 0.891. The number of nitrogens with zero attached hydrogens (tertiary/aromatic N) is 1. The van der Waals surface area contributed by atoms with Gasteiger partial charge in [0.15, 0.2) is 0 Å². The van der Waals surface area contributed by atoms with Gasteiger partial charge in [-0.05, 0) is 224 Å². The van der Waals surface area contributed by atoms with Crippen molar-refractivity contribution in [2.24, 2.45) is 47.3 Å². The SMILES string of the molecule is C=C(C)C(=O)OC12CC3CC(C1)CC(OC1(CC)CC4CCC1C4)(C3)C2.C=C(C)C(=O)OC12CC3CC(C1)CC(OS(C)(=O)=O)(C3)C2.CCC1(O)CC2CCC1C2.CCN(C(C)C)C(C)C. The molecule has 0 aromatic rings. The highest BCUT2D eigenvalue weighted by molar-refractivity contribution is 7.86. The molecule has 12 fully saturated rings. The van der Waals surface area contributed by atoms with Gasteiger partial charge in [0.2, 0.25) is 0 Å². The lowest BCUT2D eigenvalue weighted by molar-refractivity contribution is -0.274. The maximum atomic E-state index is 12.3. The molecule has 12 saturated carbocycles. The summed E-state index contributed by atoms with van der Waals surface area (Å²) in [4.78, 5) is 26.7. The van der Waals surface area contributed by atoms with Crippen LogP contribution in [-0.4, -0.2) is 88.9 Å². The molecule has 376 valence electrons. The zero-order chi connectivity index (χ0) is 48.3. The Kier molecular flexibility index (Phi) is 15.3. The number of esters is 2. The smallest absolute Gasteiger partial charge is 0.333 e. The summed E-state index contributed by atoms with van der Waals surface area (Å²) < 4.78 is 47.8. The number of hydrogen-bond acceptors (Lipinski definition) is 10. The first-order valence-corrected chi connectivity index (χ1v) is 28.5. The molecule has 0 aromatic carbocycles. The number of fused-ring (bicyclic) bond motifs is 4. The number of ether oxygens (including phenoxy) is 3. The van der Waals surface area contributed by atoms with E-state index >= 15 is 0 Å². The lowest BCUT2D eigenvalue weighted by Crippen LogP contribution is -2.63. The minimum absolute atomic E-state index is 0.0417. The lowest BCUT2D eigenvalue weighted by atomic mass is 9.52. The zero-order valence-electron chi connectivity index (χ0n) is 43.0.